The lowest BCUT2D eigenvalue weighted by Crippen LogP contribution is -2.32. The van der Waals surface area contributed by atoms with E-state index in [1.54, 1.807) is 18.2 Å². The Hall–Kier alpha value is -2.14. The van der Waals surface area contributed by atoms with Crippen LogP contribution in [-0.4, -0.2) is 32.3 Å². The average molecular weight is 617 g/mol. The Morgan fingerprint density at radius 2 is 1.92 bits per heavy atom. The number of benzene rings is 2. The van der Waals surface area contributed by atoms with Gasteiger partial charge in [-0.15, -0.1) is 10.2 Å². The van der Waals surface area contributed by atoms with Crippen LogP contribution in [0.4, 0.5) is 10.1 Å². The molecule has 0 aliphatic rings. The smallest absolute Gasteiger partial charge is 0.253 e. The second kappa shape index (κ2) is 12.9. The Balaban J connectivity index is 1.75. The predicted molar refractivity (Wildman–Crippen MR) is 145 cm³/mol. The molecule has 2 aromatic carbocycles. The molecule has 7 nitrogen and oxygen atoms in total. The summed E-state index contributed by atoms with van der Waals surface area (Å²) in [6.45, 7) is 6.54. The number of thioether (sulfide) groups is 1. The van der Waals surface area contributed by atoms with Gasteiger partial charge in [-0.25, -0.2) is 4.39 Å². The minimum Gasteiger partial charge on any atom is -0.342 e. The number of anilines is 1. The van der Waals surface area contributed by atoms with Crippen LogP contribution in [0, 0.1) is 11.7 Å². The first kappa shape index (κ1) is 28.4. The molecule has 1 heterocycles. The van der Waals surface area contributed by atoms with Gasteiger partial charge in [0.2, 0.25) is 5.91 Å². The van der Waals surface area contributed by atoms with E-state index in [-0.39, 0.29) is 34.2 Å². The van der Waals surface area contributed by atoms with Gasteiger partial charge in [0.15, 0.2) is 11.0 Å². The van der Waals surface area contributed by atoms with Crippen LogP contribution >= 0.6 is 50.9 Å². The lowest BCUT2D eigenvalue weighted by Gasteiger charge is -2.21. The summed E-state index contributed by atoms with van der Waals surface area (Å²) in [7, 11) is 0. The van der Waals surface area contributed by atoms with Crippen molar-refractivity contribution >= 4 is 68.4 Å². The molecule has 0 fully saturated rings. The molecular weight excluding hydrogens is 592 g/mol. The molecule has 2 amide bonds. The van der Waals surface area contributed by atoms with Gasteiger partial charge in [0, 0.05) is 16.0 Å². The molecule has 0 bridgehead atoms. The van der Waals surface area contributed by atoms with Crippen molar-refractivity contribution in [1.29, 1.82) is 0 Å². The zero-order chi connectivity index (χ0) is 26.4. The number of hydrogen-bond donors (Lipinski definition) is 2. The van der Waals surface area contributed by atoms with Crippen LogP contribution in [0.1, 0.15) is 49.4 Å². The predicted octanol–water partition coefficient (Wildman–Crippen LogP) is 6.75. The van der Waals surface area contributed by atoms with E-state index in [1.807, 2.05) is 25.3 Å². The van der Waals surface area contributed by atoms with Crippen molar-refractivity contribution in [3.05, 3.63) is 68.1 Å². The minimum absolute atomic E-state index is 0.00915. The van der Waals surface area contributed by atoms with Crippen LogP contribution in [-0.2, 0) is 11.3 Å². The molecule has 3 aromatic rings. The average Bonchev–Trinajstić information content (AvgIpc) is 3.21. The van der Waals surface area contributed by atoms with Gasteiger partial charge in [-0.05, 0) is 55.7 Å². The molecule has 36 heavy (non-hydrogen) atoms. The number of nitrogens with zero attached hydrogens (tertiary/aromatic N) is 3. The lowest BCUT2D eigenvalue weighted by molar-refractivity contribution is -0.113. The Kier molecular flexibility index (Phi) is 10.2. The molecular formula is C24H25BrCl2FN5O2S. The molecule has 3 rings (SSSR count). The molecule has 0 saturated heterocycles. The number of carbonyl (C=O) groups excluding carboxylic acids is 2. The summed E-state index contributed by atoms with van der Waals surface area (Å²) in [5, 5.41) is 15.4. The van der Waals surface area contributed by atoms with Gasteiger partial charge in [0.1, 0.15) is 5.82 Å². The van der Waals surface area contributed by atoms with E-state index in [2.05, 4.69) is 36.8 Å². The van der Waals surface area contributed by atoms with Crippen molar-refractivity contribution in [2.45, 2.75) is 44.9 Å². The molecule has 0 spiro atoms. The van der Waals surface area contributed by atoms with Gasteiger partial charge in [-0.2, -0.15) is 0 Å². The van der Waals surface area contributed by atoms with E-state index in [0.717, 1.165) is 0 Å². The summed E-state index contributed by atoms with van der Waals surface area (Å²) >= 11 is 16.6. The molecule has 1 aromatic heterocycles. The Morgan fingerprint density at radius 3 is 2.56 bits per heavy atom. The van der Waals surface area contributed by atoms with Crippen LogP contribution in [0.3, 0.4) is 0 Å². The zero-order valence-corrected chi connectivity index (χ0v) is 23.7. The van der Waals surface area contributed by atoms with Gasteiger partial charge in [-0.3, -0.25) is 9.59 Å². The molecule has 192 valence electrons. The maximum Gasteiger partial charge on any atom is 0.253 e. The summed E-state index contributed by atoms with van der Waals surface area (Å²) in [5.74, 6) is -0.423. The first-order chi connectivity index (χ1) is 17.1. The van der Waals surface area contributed by atoms with E-state index in [1.165, 1.54) is 30.0 Å². The summed E-state index contributed by atoms with van der Waals surface area (Å²) < 4.78 is 16.5. The fourth-order valence-corrected chi connectivity index (χ4v) is 5.12. The molecule has 0 unspecified atom stereocenters. The number of hydrogen-bond acceptors (Lipinski definition) is 5. The molecule has 0 saturated carbocycles. The maximum absolute atomic E-state index is 14.0. The number of aromatic nitrogens is 3. The van der Waals surface area contributed by atoms with Crippen LogP contribution in [0.5, 0.6) is 0 Å². The third-order valence-electron chi connectivity index (χ3n) is 5.10. The van der Waals surface area contributed by atoms with E-state index >= 15 is 0 Å². The molecule has 0 radical (unpaired) electrons. The molecule has 0 aliphatic carbocycles. The SMILES string of the molecule is CCn1c(SCC(=O)Nc2ccc(Br)cc2F)nnc1[C@@H](CC(C)C)NC(=O)c1ccc(Cl)cc1Cl. The largest absolute Gasteiger partial charge is 0.342 e. The van der Waals surface area contributed by atoms with Crippen molar-refractivity contribution in [3.63, 3.8) is 0 Å². The number of rotatable bonds is 10. The Bertz CT molecular complexity index is 1260. The van der Waals surface area contributed by atoms with Crippen molar-refractivity contribution in [1.82, 2.24) is 20.1 Å². The monoisotopic (exact) mass is 615 g/mol. The maximum atomic E-state index is 14.0. The quantitative estimate of drug-likeness (QED) is 0.246. The summed E-state index contributed by atoms with van der Waals surface area (Å²) in [4.78, 5) is 25.4. The van der Waals surface area contributed by atoms with Crippen molar-refractivity contribution in [2.75, 3.05) is 11.1 Å². The highest BCUT2D eigenvalue weighted by Gasteiger charge is 2.25. The third kappa shape index (κ3) is 7.44. The van der Waals surface area contributed by atoms with Crippen LogP contribution < -0.4 is 10.6 Å². The highest BCUT2D eigenvalue weighted by Crippen LogP contribution is 2.27. The summed E-state index contributed by atoms with van der Waals surface area (Å²) in [6, 6.07) is 8.68. The normalized spacial score (nSPS) is 12.0. The Labute approximate surface area is 231 Å². The van der Waals surface area contributed by atoms with Gasteiger partial charge in [0.05, 0.1) is 28.1 Å². The van der Waals surface area contributed by atoms with Gasteiger partial charge < -0.3 is 15.2 Å². The minimum atomic E-state index is -0.533. The van der Waals surface area contributed by atoms with Crippen LogP contribution in [0.2, 0.25) is 10.0 Å². The van der Waals surface area contributed by atoms with Crippen molar-refractivity contribution in [2.24, 2.45) is 5.92 Å². The van der Waals surface area contributed by atoms with Crippen molar-refractivity contribution in [3.8, 4) is 0 Å². The topological polar surface area (TPSA) is 88.9 Å². The highest BCUT2D eigenvalue weighted by atomic mass is 79.9. The van der Waals surface area contributed by atoms with Crippen molar-refractivity contribution < 1.29 is 14.0 Å². The van der Waals surface area contributed by atoms with E-state index in [9.17, 15) is 14.0 Å². The first-order valence-electron chi connectivity index (χ1n) is 11.2. The van der Waals surface area contributed by atoms with E-state index in [0.29, 0.717) is 39.0 Å². The van der Waals surface area contributed by atoms with E-state index < -0.39 is 11.9 Å². The van der Waals surface area contributed by atoms with Gasteiger partial charge in [0.25, 0.3) is 5.91 Å². The lowest BCUT2D eigenvalue weighted by atomic mass is 10.0. The second-order valence-electron chi connectivity index (χ2n) is 8.33. The molecule has 1 atom stereocenters. The molecule has 2 N–H and O–H groups in total. The number of halogens is 4. The van der Waals surface area contributed by atoms with Gasteiger partial charge >= 0.3 is 0 Å². The first-order valence-corrected chi connectivity index (χ1v) is 13.7. The third-order valence-corrected chi connectivity index (χ3v) is 7.11. The van der Waals surface area contributed by atoms with Gasteiger partial charge in [-0.1, -0.05) is 64.7 Å². The number of carbonyl (C=O) groups is 2. The Morgan fingerprint density at radius 1 is 1.17 bits per heavy atom. The van der Waals surface area contributed by atoms with Crippen LogP contribution in [0.25, 0.3) is 0 Å². The summed E-state index contributed by atoms with van der Waals surface area (Å²) in [6.07, 6.45) is 0.614. The fourth-order valence-electron chi connectivity index (χ4n) is 3.48. The van der Waals surface area contributed by atoms with Crippen LogP contribution in [0.15, 0.2) is 46.0 Å². The fraction of sp³-hybridized carbons (Fsp3) is 0.333. The van der Waals surface area contributed by atoms with E-state index in [4.69, 9.17) is 23.2 Å². The number of nitrogens with one attached hydrogen (secondary N) is 2. The highest BCUT2D eigenvalue weighted by molar-refractivity contribution is 9.10. The number of amides is 2. The summed E-state index contributed by atoms with van der Waals surface area (Å²) in [5.41, 5.74) is 0.408. The molecule has 0 aliphatic heterocycles. The standard InChI is InChI=1S/C24H25BrCl2FN5O2S/c1-4-33-22(20(9-13(2)3)30-23(35)16-7-6-15(26)11-17(16)27)31-32-24(33)36-12-21(34)29-19-8-5-14(25)10-18(19)28/h5-8,10-11,13,20H,4,9,12H2,1-3H3,(H,29,34)(H,30,35)/t20-/m1/s1. The zero-order valence-electron chi connectivity index (χ0n) is 19.8. The second-order valence-corrected chi connectivity index (χ2v) is 11.0. The molecule has 12 heteroatoms.